The third-order valence-corrected chi connectivity index (χ3v) is 7.69. The highest BCUT2D eigenvalue weighted by molar-refractivity contribution is 7.92. The lowest BCUT2D eigenvalue weighted by molar-refractivity contribution is -0.139. The number of carbonyl (C=O) groups excluding carboxylic acids is 3. The molecule has 2 aromatic carbocycles. The Labute approximate surface area is 206 Å². The summed E-state index contributed by atoms with van der Waals surface area (Å²) in [7, 11) is -4.25. The van der Waals surface area contributed by atoms with Crippen LogP contribution in [0, 0.1) is 6.92 Å². The third kappa shape index (κ3) is 6.19. The smallest absolute Gasteiger partial charge is 0.261 e. The van der Waals surface area contributed by atoms with E-state index < -0.39 is 27.0 Å². The zero-order valence-corrected chi connectivity index (χ0v) is 21.0. The van der Waals surface area contributed by atoms with Crippen molar-refractivity contribution in [1.82, 2.24) is 15.1 Å². The van der Waals surface area contributed by atoms with E-state index in [0.29, 0.717) is 31.9 Å². The van der Waals surface area contributed by atoms with Crippen LogP contribution in [-0.4, -0.2) is 74.1 Å². The van der Waals surface area contributed by atoms with Gasteiger partial charge in [-0.2, -0.15) is 0 Å². The van der Waals surface area contributed by atoms with Gasteiger partial charge in [0.1, 0.15) is 5.75 Å². The molecular formula is C25H31N3O6S. The van der Waals surface area contributed by atoms with Gasteiger partial charge < -0.3 is 19.9 Å². The minimum atomic E-state index is -4.25. The van der Waals surface area contributed by atoms with E-state index in [1.807, 2.05) is 13.8 Å². The van der Waals surface area contributed by atoms with Crippen molar-refractivity contribution in [3.8, 4) is 5.75 Å². The average Bonchev–Trinajstić information content (AvgIpc) is 2.87. The molecule has 0 saturated carbocycles. The number of benzene rings is 2. The minimum Gasteiger partial charge on any atom is -0.494 e. The van der Waals surface area contributed by atoms with Crippen LogP contribution in [0.3, 0.4) is 0 Å². The molecule has 1 heterocycles. The molecule has 3 amide bonds. The summed E-state index contributed by atoms with van der Waals surface area (Å²) in [5, 5.41) is 0.633. The van der Waals surface area contributed by atoms with Crippen molar-refractivity contribution in [1.29, 1.82) is 0 Å². The number of amides is 3. The summed E-state index contributed by atoms with van der Waals surface area (Å²) in [5.41, 5.74) is 1.06. The number of nitrogens with zero attached hydrogens (tertiary/aromatic N) is 2. The Hall–Kier alpha value is -3.40. The van der Waals surface area contributed by atoms with E-state index in [9.17, 15) is 22.8 Å². The van der Waals surface area contributed by atoms with E-state index in [2.05, 4.69) is 5.32 Å². The van der Waals surface area contributed by atoms with Crippen LogP contribution in [0.2, 0.25) is 0 Å². The van der Waals surface area contributed by atoms with E-state index in [1.165, 1.54) is 29.2 Å². The minimum absolute atomic E-state index is 0.0234. The number of ether oxygens (including phenoxy) is 1. The van der Waals surface area contributed by atoms with Gasteiger partial charge in [0.05, 0.1) is 11.5 Å². The lowest BCUT2D eigenvalue weighted by Crippen LogP contribution is -2.57. The molecule has 10 heteroatoms. The quantitative estimate of drug-likeness (QED) is 0.592. The van der Waals surface area contributed by atoms with Gasteiger partial charge in [-0.05, 0) is 50.2 Å². The predicted octanol–water partition coefficient (Wildman–Crippen LogP) is 2.00. The standard InChI is InChI=1S/C25H31N3O6S/c1-4-22(29)27-14-16-28(17-15-27)25(31)24(35(32,33)21-12-6-18(3)7-13-21)26-23(30)19-8-10-20(11-9-19)34-5-2/h6-13,24H,4-5,14-17H2,1-3H3,(H,26,30)/t24-/m0/s1. The third-order valence-electron chi connectivity index (χ3n) is 5.82. The molecule has 0 aliphatic carbocycles. The van der Waals surface area contributed by atoms with E-state index in [4.69, 9.17) is 4.74 Å². The molecule has 1 saturated heterocycles. The molecule has 1 aliphatic heterocycles. The summed E-state index contributed by atoms with van der Waals surface area (Å²) >= 11 is 0. The van der Waals surface area contributed by atoms with Crippen LogP contribution in [0.15, 0.2) is 53.4 Å². The summed E-state index contributed by atoms with van der Waals surface area (Å²) in [6, 6.07) is 12.3. The number of hydrogen-bond donors (Lipinski definition) is 1. The molecule has 3 rings (SSSR count). The molecular weight excluding hydrogens is 470 g/mol. The fourth-order valence-electron chi connectivity index (χ4n) is 3.77. The van der Waals surface area contributed by atoms with Gasteiger partial charge in [0.2, 0.25) is 21.1 Å². The first kappa shape index (κ1) is 26.2. The lowest BCUT2D eigenvalue weighted by Gasteiger charge is -2.36. The highest BCUT2D eigenvalue weighted by Gasteiger charge is 2.39. The fraction of sp³-hybridized carbons (Fsp3) is 0.400. The number of piperazine rings is 1. The Kier molecular flexibility index (Phi) is 8.50. The first-order valence-corrected chi connectivity index (χ1v) is 13.1. The van der Waals surface area contributed by atoms with Crippen LogP contribution in [0.4, 0.5) is 0 Å². The van der Waals surface area contributed by atoms with Crippen LogP contribution in [-0.2, 0) is 19.4 Å². The monoisotopic (exact) mass is 501 g/mol. The largest absolute Gasteiger partial charge is 0.494 e. The molecule has 1 aliphatic rings. The Morgan fingerprint density at radius 1 is 0.914 bits per heavy atom. The second-order valence-corrected chi connectivity index (χ2v) is 10.3. The maximum Gasteiger partial charge on any atom is 0.261 e. The topological polar surface area (TPSA) is 113 Å². The fourth-order valence-corrected chi connectivity index (χ4v) is 5.24. The first-order chi connectivity index (χ1) is 16.7. The normalized spacial score (nSPS) is 14.8. The second kappa shape index (κ2) is 11.4. The number of nitrogens with one attached hydrogen (secondary N) is 1. The Morgan fingerprint density at radius 3 is 2.03 bits per heavy atom. The van der Waals surface area contributed by atoms with Crippen LogP contribution in [0.25, 0.3) is 0 Å². The summed E-state index contributed by atoms with van der Waals surface area (Å²) in [6.07, 6.45) is 0.358. The highest BCUT2D eigenvalue weighted by Crippen LogP contribution is 2.20. The Bertz CT molecular complexity index is 1150. The molecule has 0 unspecified atom stereocenters. The number of rotatable bonds is 8. The van der Waals surface area contributed by atoms with Crippen LogP contribution in [0.1, 0.15) is 36.2 Å². The SMILES string of the molecule is CCOc1ccc(C(=O)N[C@H](C(=O)N2CCN(C(=O)CC)CC2)S(=O)(=O)c2ccc(C)cc2)cc1. The molecule has 0 bridgehead atoms. The molecule has 1 fully saturated rings. The summed E-state index contributed by atoms with van der Waals surface area (Å²) in [4.78, 5) is 41.4. The van der Waals surface area contributed by atoms with Crippen LogP contribution >= 0.6 is 0 Å². The van der Waals surface area contributed by atoms with E-state index in [0.717, 1.165) is 5.56 Å². The van der Waals surface area contributed by atoms with Crippen molar-refractivity contribution in [2.75, 3.05) is 32.8 Å². The maximum absolute atomic E-state index is 13.5. The molecule has 1 atom stereocenters. The van der Waals surface area contributed by atoms with Gasteiger partial charge in [-0.15, -0.1) is 0 Å². The van der Waals surface area contributed by atoms with Crippen molar-refractivity contribution in [2.45, 2.75) is 37.5 Å². The number of aryl methyl sites for hydroxylation is 1. The Morgan fingerprint density at radius 2 is 1.49 bits per heavy atom. The molecule has 1 N–H and O–H groups in total. The molecule has 0 aromatic heterocycles. The highest BCUT2D eigenvalue weighted by atomic mass is 32.2. The van der Waals surface area contributed by atoms with Gasteiger partial charge in [0, 0.05) is 38.2 Å². The van der Waals surface area contributed by atoms with Crippen LogP contribution in [0.5, 0.6) is 5.75 Å². The molecule has 35 heavy (non-hydrogen) atoms. The van der Waals surface area contributed by atoms with Crippen molar-refractivity contribution in [3.63, 3.8) is 0 Å². The number of hydrogen-bond acceptors (Lipinski definition) is 6. The molecule has 188 valence electrons. The van der Waals surface area contributed by atoms with Gasteiger partial charge in [-0.25, -0.2) is 8.42 Å². The lowest BCUT2D eigenvalue weighted by atomic mass is 10.2. The van der Waals surface area contributed by atoms with E-state index in [-0.39, 0.29) is 29.5 Å². The van der Waals surface area contributed by atoms with Gasteiger partial charge in [-0.3, -0.25) is 14.4 Å². The average molecular weight is 502 g/mol. The first-order valence-electron chi connectivity index (χ1n) is 11.6. The molecule has 0 radical (unpaired) electrons. The molecule has 9 nitrogen and oxygen atoms in total. The van der Waals surface area contributed by atoms with E-state index >= 15 is 0 Å². The van der Waals surface area contributed by atoms with Crippen molar-refractivity contribution in [2.24, 2.45) is 0 Å². The summed E-state index contributed by atoms with van der Waals surface area (Å²) in [6.45, 7) is 6.88. The van der Waals surface area contributed by atoms with Gasteiger partial charge >= 0.3 is 0 Å². The van der Waals surface area contributed by atoms with Gasteiger partial charge in [0.15, 0.2) is 0 Å². The number of sulfone groups is 1. The zero-order valence-electron chi connectivity index (χ0n) is 20.2. The van der Waals surface area contributed by atoms with Crippen molar-refractivity contribution in [3.05, 3.63) is 59.7 Å². The van der Waals surface area contributed by atoms with Crippen molar-refractivity contribution < 1.29 is 27.5 Å². The van der Waals surface area contributed by atoms with E-state index in [1.54, 1.807) is 36.1 Å². The maximum atomic E-state index is 13.5. The predicted molar refractivity (Wildman–Crippen MR) is 131 cm³/mol. The van der Waals surface area contributed by atoms with Crippen LogP contribution < -0.4 is 10.1 Å². The zero-order chi connectivity index (χ0) is 25.6. The molecule has 2 aromatic rings. The Balaban J connectivity index is 1.87. The number of carbonyl (C=O) groups is 3. The van der Waals surface area contributed by atoms with Crippen molar-refractivity contribution >= 4 is 27.6 Å². The van der Waals surface area contributed by atoms with Gasteiger partial charge in [-0.1, -0.05) is 24.6 Å². The summed E-state index contributed by atoms with van der Waals surface area (Å²) in [5.74, 6) is -0.872. The summed E-state index contributed by atoms with van der Waals surface area (Å²) < 4.78 is 32.4. The second-order valence-electron chi connectivity index (χ2n) is 8.23. The van der Waals surface area contributed by atoms with Gasteiger partial charge in [0.25, 0.3) is 11.8 Å². The molecule has 0 spiro atoms.